The van der Waals surface area contributed by atoms with Crippen LogP contribution in [0.1, 0.15) is 6.92 Å². The number of methoxy groups -OCH3 is 1. The van der Waals surface area contributed by atoms with E-state index in [0.29, 0.717) is 0 Å². The molecule has 0 amide bonds. The molecule has 0 rings (SSSR count). The van der Waals surface area contributed by atoms with Crippen LogP contribution in [0.25, 0.3) is 0 Å². The zero-order valence-corrected chi connectivity index (χ0v) is 6.13. The Morgan fingerprint density at radius 2 is 2.20 bits per heavy atom. The van der Waals surface area contributed by atoms with Gasteiger partial charge in [-0.2, -0.15) is 0 Å². The van der Waals surface area contributed by atoms with Gasteiger partial charge in [0.05, 0.1) is 13.2 Å². The molecule has 0 spiro atoms. The Labute approximate surface area is 59.4 Å². The molecular weight excluding hydrogens is 136 g/mol. The van der Waals surface area contributed by atoms with Gasteiger partial charge in [-0.15, -0.1) is 0 Å². The van der Waals surface area contributed by atoms with Crippen LogP contribution in [0.3, 0.4) is 0 Å². The Hall–Kier alpha value is -0.610. The maximum absolute atomic E-state index is 10.4. The highest BCUT2D eigenvalue weighted by Gasteiger charge is 2.32. The Morgan fingerprint density at radius 3 is 2.30 bits per heavy atom. The van der Waals surface area contributed by atoms with Crippen molar-refractivity contribution in [3.63, 3.8) is 0 Å². The zero-order valence-electron chi connectivity index (χ0n) is 6.13. The molecule has 60 valence electrons. The van der Waals surface area contributed by atoms with E-state index >= 15 is 0 Å². The largest absolute Gasteiger partial charge is 0.481 e. The fourth-order valence-electron chi connectivity index (χ4n) is 0.494. The smallest absolute Gasteiger partial charge is 0.314 e. The third-order valence-electron chi connectivity index (χ3n) is 1.33. The van der Waals surface area contributed by atoms with Gasteiger partial charge in [-0.05, 0) is 6.92 Å². The number of carboxylic acid groups (broad SMARTS) is 1. The lowest BCUT2D eigenvalue weighted by molar-refractivity contribution is -0.153. The molecular formula is C6H12O4. The predicted molar refractivity (Wildman–Crippen MR) is 34.7 cm³/mol. The van der Waals surface area contributed by atoms with Crippen LogP contribution in [-0.2, 0) is 9.53 Å². The minimum absolute atomic E-state index is 0.0266. The van der Waals surface area contributed by atoms with Crippen molar-refractivity contribution in [2.24, 2.45) is 5.41 Å². The molecule has 0 bridgehead atoms. The van der Waals surface area contributed by atoms with Crippen LogP contribution in [0.15, 0.2) is 0 Å². The first-order chi connectivity index (χ1) is 4.56. The highest BCUT2D eigenvalue weighted by atomic mass is 16.5. The summed E-state index contributed by atoms with van der Waals surface area (Å²) in [5.41, 5.74) is -1.16. The van der Waals surface area contributed by atoms with Gasteiger partial charge in [0.1, 0.15) is 5.41 Å². The number of carboxylic acids is 1. The normalized spacial score (nSPS) is 16.3. The SMILES string of the molecule is COCC(C)(CO)C(=O)O. The Morgan fingerprint density at radius 1 is 1.70 bits per heavy atom. The van der Waals surface area contributed by atoms with Gasteiger partial charge < -0.3 is 14.9 Å². The Balaban J connectivity index is 4.08. The number of hydrogen-bond donors (Lipinski definition) is 2. The van der Waals surface area contributed by atoms with E-state index in [-0.39, 0.29) is 6.61 Å². The maximum atomic E-state index is 10.4. The molecule has 10 heavy (non-hydrogen) atoms. The van der Waals surface area contributed by atoms with Gasteiger partial charge in [0.2, 0.25) is 0 Å². The summed E-state index contributed by atoms with van der Waals surface area (Å²) >= 11 is 0. The topological polar surface area (TPSA) is 66.8 Å². The second kappa shape index (κ2) is 3.53. The van der Waals surface area contributed by atoms with E-state index in [9.17, 15) is 4.79 Å². The van der Waals surface area contributed by atoms with Crippen molar-refractivity contribution < 1.29 is 19.7 Å². The van der Waals surface area contributed by atoms with Gasteiger partial charge in [0.15, 0.2) is 0 Å². The Bertz CT molecular complexity index is 123. The van der Waals surface area contributed by atoms with Crippen molar-refractivity contribution >= 4 is 5.97 Å². The molecule has 0 heterocycles. The van der Waals surface area contributed by atoms with Crippen LogP contribution >= 0.6 is 0 Å². The minimum atomic E-state index is -1.16. The lowest BCUT2D eigenvalue weighted by atomic mass is 9.94. The molecule has 4 nitrogen and oxygen atoms in total. The van der Waals surface area contributed by atoms with Gasteiger partial charge >= 0.3 is 5.97 Å². The molecule has 0 aliphatic carbocycles. The lowest BCUT2D eigenvalue weighted by Gasteiger charge is -2.19. The standard InChI is InChI=1S/C6H12O4/c1-6(3-7,4-10-2)5(8)9/h7H,3-4H2,1-2H3,(H,8,9). The van der Waals surface area contributed by atoms with Crippen LogP contribution < -0.4 is 0 Å². The van der Waals surface area contributed by atoms with E-state index in [0.717, 1.165) is 0 Å². The summed E-state index contributed by atoms with van der Waals surface area (Å²) in [5.74, 6) is -1.04. The fourth-order valence-corrected chi connectivity index (χ4v) is 0.494. The molecule has 0 saturated carbocycles. The van der Waals surface area contributed by atoms with E-state index in [1.165, 1.54) is 14.0 Å². The second-order valence-electron chi connectivity index (χ2n) is 2.46. The quantitative estimate of drug-likeness (QED) is 0.575. The first kappa shape index (κ1) is 9.39. The molecule has 0 saturated heterocycles. The van der Waals surface area contributed by atoms with Crippen molar-refractivity contribution in [2.45, 2.75) is 6.92 Å². The molecule has 0 aromatic heterocycles. The molecule has 0 aromatic rings. The van der Waals surface area contributed by atoms with Gasteiger partial charge in [-0.3, -0.25) is 4.79 Å². The van der Waals surface area contributed by atoms with Crippen LogP contribution in [0.2, 0.25) is 0 Å². The summed E-state index contributed by atoms with van der Waals surface area (Å²) in [4.78, 5) is 10.4. The third-order valence-corrected chi connectivity index (χ3v) is 1.33. The number of carbonyl (C=O) groups is 1. The Kier molecular flexibility index (Phi) is 3.32. The average molecular weight is 148 g/mol. The number of aliphatic hydroxyl groups excluding tert-OH is 1. The van der Waals surface area contributed by atoms with E-state index in [1.54, 1.807) is 0 Å². The van der Waals surface area contributed by atoms with Crippen molar-refractivity contribution in [3.8, 4) is 0 Å². The number of ether oxygens (including phenoxy) is 1. The molecule has 0 aromatic carbocycles. The van der Waals surface area contributed by atoms with Gasteiger partial charge in [0, 0.05) is 7.11 Å². The molecule has 4 heteroatoms. The molecule has 0 radical (unpaired) electrons. The average Bonchev–Trinajstić information content (AvgIpc) is 1.88. The lowest BCUT2D eigenvalue weighted by Crippen LogP contribution is -2.35. The maximum Gasteiger partial charge on any atom is 0.314 e. The fraction of sp³-hybridized carbons (Fsp3) is 0.833. The van der Waals surface area contributed by atoms with Crippen molar-refractivity contribution in [1.29, 1.82) is 0 Å². The molecule has 0 fully saturated rings. The van der Waals surface area contributed by atoms with Crippen LogP contribution in [0, 0.1) is 5.41 Å². The highest BCUT2D eigenvalue weighted by molar-refractivity contribution is 5.74. The van der Waals surface area contributed by atoms with E-state index < -0.39 is 18.0 Å². The van der Waals surface area contributed by atoms with E-state index in [2.05, 4.69) is 4.74 Å². The summed E-state index contributed by atoms with van der Waals surface area (Å²) in [5, 5.41) is 17.1. The van der Waals surface area contributed by atoms with E-state index in [1.807, 2.05) is 0 Å². The molecule has 2 N–H and O–H groups in total. The van der Waals surface area contributed by atoms with Gasteiger partial charge in [-0.1, -0.05) is 0 Å². The number of rotatable bonds is 4. The monoisotopic (exact) mass is 148 g/mol. The van der Waals surface area contributed by atoms with Crippen molar-refractivity contribution in [3.05, 3.63) is 0 Å². The van der Waals surface area contributed by atoms with Crippen LogP contribution in [-0.4, -0.2) is 36.5 Å². The van der Waals surface area contributed by atoms with E-state index in [4.69, 9.17) is 10.2 Å². The summed E-state index contributed by atoms with van der Waals surface area (Å²) in [7, 11) is 1.40. The minimum Gasteiger partial charge on any atom is -0.481 e. The summed E-state index contributed by atoms with van der Waals surface area (Å²) in [6.45, 7) is 1.05. The number of hydrogen-bond acceptors (Lipinski definition) is 3. The third kappa shape index (κ3) is 1.97. The summed E-state index contributed by atoms with van der Waals surface area (Å²) in [6, 6.07) is 0. The van der Waals surface area contributed by atoms with Crippen LogP contribution in [0.5, 0.6) is 0 Å². The predicted octanol–water partition coefficient (Wildman–Crippen LogP) is -0.284. The molecule has 0 aliphatic heterocycles. The van der Waals surface area contributed by atoms with Crippen molar-refractivity contribution in [1.82, 2.24) is 0 Å². The van der Waals surface area contributed by atoms with Crippen LogP contribution in [0.4, 0.5) is 0 Å². The summed E-state index contributed by atoms with van der Waals surface area (Å²) in [6.07, 6.45) is 0. The second-order valence-corrected chi connectivity index (χ2v) is 2.46. The summed E-state index contributed by atoms with van der Waals surface area (Å²) < 4.78 is 4.62. The first-order valence-electron chi connectivity index (χ1n) is 2.90. The highest BCUT2D eigenvalue weighted by Crippen LogP contribution is 2.14. The zero-order chi connectivity index (χ0) is 8.20. The molecule has 0 aliphatic rings. The molecule has 1 atom stereocenters. The number of aliphatic carboxylic acids is 1. The van der Waals surface area contributed by atoms with Gasteiger partial charge in [0.25, 0.3) is 0 Å². The first-order valence-corrected chi connectivity index (χ1v) is 2.90. The van der Waals surface area contributed by atoms with Crippen molar-refractivity contribution in [2.75, 3.05) is 20.3 Å². The van der Waals surface area contributed by atoms with Gasteiger partial charge in [-0.25, -0.2) is 0 Å². The number of aliphatic hydroxyl groups is 1. The molecule has 1 unspecified atom stereocenters.